The largest absolute Gasteiger partial charge is 0.444 e. The van der Waals surface area contributed by atoms with E-state index in [2.05, 4.69) is 15.0 Å². The molecule has 1 aliphatic heterocycles. The molecule has 3 heterocycles. The number of nitrogens with two attached hydrogens (primary N) is 1. The molecule has 172 valence electrons. The Morgan fingerprint density at radius 1 is 1.24 bits per heavy atom. The number of hydrogen-bond donors (Lipinski definition) is 1. The zero-order valence-electron chi connectivity index (χ0n) is 17.9. The van der Waals surface area contributed by atoms with E-state index in [0.717, 1.165) is 18.2 Å². The maximum Gasteiger partial charge on any atom is 0.271 e. The van der Waals surface area contributed by atoms with Crippen molar-refractivity contribution in [2.24, 2.45) is 10.7 Å². The molecule has 0 fully saturated rings. The van der Waals surface area contributed by atoms with Crippen LogP contribution in [0, 0.1) is 6.92 Å². The molecule has 0 spiro atoms. The number of halogens is 4. The first-order chi connectivity index (χ1) is 15.6. The molecule has 2 aromatic heterocycles. The molecule has 0 amide bonds. The Bertz CT molecular complexity index is 1250. The van der Waals surface area contributed by atoms with Crippen molar-refractivity contribution in [3.8, 4) is 11.5 Å². The molecule has 1 aliphatic rings. The van der Waals surface area contributed by atoms with Gasteiger partial charge in [0.05, 0.1) is 32.7 Å². The van der Waals surface area contributed by atoms with E-state index in [1.54, 1.807) is 18.5 Å². The second-order valence-corrected chi connectivity index (χ2v) is 8.61. The maximum absolute atomic E-state index is 13.5. The molecule has 6 nitrogen and oxygen atoms in total. The van der Waals surface area contributed by atoms with E-state index in [1.807, 2.05) is 17.9 Å². The number of alkyl halides is 2. The van der Waals surface area contributed by atoms with Gasteiger partial charge in [-0.3, -0.25) is 4.98 Å². The van der Waals surface area contributed by atoms with Crippen LogP contribution in [0.15, 0.2) is 52.2 Å². The molecule has 0 bridgehead atoms. The molecule has 0 saturated carbocycles. The Balaban J connectivity index is 1.48. The summed E-state index contributed by atoms with van der Waals surface area (Å²) in [5.41, 5.74) is 9.48. The van der Waals surface area contributed by atoms with E-state index in [-0.39, 0.29) is 16.5 Å². The van der Waals surface area contributed by atoms with E-state index in [1.165, 1.54) is 18.2 Å². The van der Waals surface area contributed by atoms with E-state index in [9.17, 15) is 8.78 Å². The predicted molar refractivity (Wildman–Crippen MR) is 126 cm³/mol. The van der Waals surface area contributed by atoms with E-state index in [0.29, 0.717) is 47.4 Å². The SMILES string of the molecule is Cc1coc(-c2cnc(C3=CCN(C(N)=Nc4ccc(C(C)(F)F)c(Cl)c4)CC3)c(Cl)c2)n1. The Kier molecular flexibility index (Phi) is 6.41. The van der Waals surface area contributed by atoms with Crippen LogP contribution < -0.4 is 5.73 Å². The fraction of sp³-hybridized carbons (Fsp3) is 0.261. The van der Waals surface area contributed by atoms with E-state index < -0.39 is 5.92 Å². The summed E-state index contributed by atoms with van der Waals surface area (Å²) >= 11 is 12.5. The van der Waals surface area contributed by atoms with Crippen LogP contribution in [-0.4, -0.2) is 33.9 Å². The summed E-state index contributed by atoms with van der Waals surface area (Å²) < 4.78 is 32.5. The van der Waals surface area contributed by atoms with Crippen LogP contribution in [0.25, 0.3) is 17.0 Å². The van der Waals surface area contributed by atoms with Gasteiger partial charge >= 0.3 is 0 Å². The Morgan fingerprint density at radius 2 is 2.03 bits per heavy atom. The third-order valence-electron chi connectivity index (χ3n) is 5.21. The van der Waals surface area contributed by atoms with Crippen molar-refractivity contribution in [1.29, 1.82) is 0 Å². The number of oxazole rings is 1. The van der Waals surface area contributed by atoms with Crippen molar-refractivity contribution in [2.45, 2.75) is 26.2 Å². The number of guanidine groups is 1. The molecule has 0 aliphatic carbocycles. The summed E-state index contributed by atoms with van der Waals surface area (Å²) in [6, 6.07) is 5.90. The monoisotopic (exact) mass is 491 g/mol. The van der Waals surface area contributed by atoms with E-state index in [4.69, 9.17) is 33.4 Å². The molecule has 3 aromatic rings. The highest BCUT2D eigenvalue weighted by atomic mass is 35.5. The molecule has 1 aromatic carbocycles. The number of benzene rings is 1. The van der Waals surface area contributed by atoms with Gasteiger partial charge in [0, 0.05) is 31.8 Å². The number of pyridine rings is 1. The standard InChI is InChI=1S/C23H21Cl2F2N5O/c1-13-12-33-21(30-13)15-9-19(25)20(29-11-15)14-5-7-32(8-6-14)22(28)31-16-3-4-17(18(24)10-16)23(2,26)27/h3-5,9-12H,6-8H2,1-2H3,(H2,28,31). The average Bonchev–Trinajstić information content (AvgIpc) is 3.19. The molecule has 0 unspecified atom stereocenters. The van der Waals surface area contributed by atoms with E-state index >= 15 is 0 Å². The van der Waals surface area contributed by atoms with Crippen molar-refractivity contribution >= 4 is 40.4 Å². The lowest BCUT2D eigenvalue weighted by atomic mass is 10.0. The quantitative estimate of drug-likeness (QED) is 0.347. The lowest BCUT2D eigenvalue weighted by Gasteiger charge is -2.27. The number of aryl methyl sites for hydroxylation is 1. The van der Waals surface area contributed by atoms with Crippen LogP contribution in [-0.2, 0) is 5.92 Å². The molecule has 0 radical (unpaired) electrons. The van der Waals surface area contributed by atoms with Gasteiger partial charge < -0.3 is 15.1 Å². The Morgan fingerprint density at radius 3 is 2.61 bits per heavy atom. The average molecular weight is 492 g/mol. The molecule has 33 heavy (non-hydrogen) atoms. The normalized spacial score (nSPS) is 15.0. The van der Waals surface area contributed by atoms with Crippen LogP contribution in [0.1, 0.15) is 30.3 Å². The number of aromatic nitrogens is 2. The highest BCUT2D eigenvalue weighted by Gasteiger charge is 2.27. The molecular formula is C23H21Cl2F2N5O. The van der Waals surface area contributed by atoms with Crippen LogP contribution in [0.4, 0.5) is 14.5 Å². The lowest BCUT2D eigenvalue weighted by Crippen LogP contribution is -2.39. The van der Waals surface area contributed by atoms with Gasteiger partial charge in [-0.15, -0.1) is 0 Å². The number of hydrogen-bond acceptors (Lipinski definition) is 4. The smallest absolute Gasteiger partial charge is 0.271 e. The predicted octanol–water partition coefficient (Wildman–Crippen LogP) is 6.20. The van der Waals surface area contributed by atoms with Crippen LogP contribution in [0.5, 0.6) is 0 Å². The fourth-order valence-electron chi connectivity index (χ4n) is 3.50. The maximum atomic E-state index is 13.5. The topological polar surface area (TPSA) is 80.5 Å². The number of rotatable bonds is 4. The van der Waals surface area contributed by atoms with Crippen molar-refractivity contribution in [3.05, 3.63) is 69.8 Å². The highest BCUT2D eigenvalue weighted by Crippen LogP contribution is 2.35. The minimum absolute atomic E-state index is 0.0542. The number of aliphatic imine (C=N–C) groups is 1. The third-order valence-corrected chi connectivity index (χ3v) is 5.81. The van der Waals surface area contributed by atoms with Gasteiger partial charge in [0.25, 0.3) is 5.92 Å². The first kappa shape index (κ1) is 23.2. The minimum Gasteiger partial charge on any atom is -0.444 e. The van der Waals surface area contributed by atoms with Gasteiger partial charge in [0.15, 0.2) is 5.96 Å². The summed E-state index contributed by atoms with van der Waals surface area (Å²) in [6.07, 6.45) is 5.90. The van der Waals surface area contributed by atoms with Gasteiger partial charge in [-0.2, -0.15) is 0 Å². The molecule has 0 saturated heterocycles. The van der Waals surface area contributed by atoms with Gasteiger partial charge in [0.2, 0.25) is 5.89 Å². The molecule has 10 heteroatoms. The van der Waals surface area contributed by atoms with Crippen LogP contribution in [0.3, 0.4) is 0 Å². The van der Waals surface area contributed by atoms with Gasteiger partial charge in [0.1, 0.15) is 6.26 Å². The second kappa shape index (κ2) is 9.11. The van der Waals surface area contributed by atoms with Crippen LogP contribution >= 0.6 is 23.2 Å². The van der Waals surface area contributed by atoms with Crippen molar-refractivity contribution in [1.82, 2.24) is 14.9 Å². The summed E-state index contributed by atoms with van der Waals surface area (Å²) in [6.45, 7) is 3.74. The van der Waals surface area contributed by atoms with Crippen molar-refractivity contribution < 1.29 is 13.2 Å². The molecule has 4 rings (SSSR count). The van der Waals surface area contributed by atoms with Crippen molar-refractivity contribution in [2.75, 3.05) is 13.1 Å². The summed E-state index contributed by atoms with van der Waals surface area (Å²) in [5, 5.41) is 0.452. The first-order valence-corrected chi connectivity index (χ1v) is 10.9. The zero-order valence-corrected chi connectivity index (χ0v) is 19.5. The molecule has 2 N–H and O–H groups in total. The number of nitrogens with zero attached hydrogens (tertiary/aromatic N) is 4. The zero-order chi connectivity index (χ0) is 23.8. The van der Waals surface area contributed by atoms with Crippen molar-refractivity contribution in [3.63, 3.8) is 0 Å². The first-order valence-electron chi connectivity index (χ1n) is 10.2. The lowest BCUT2D eigenvalue weighted by molar-refractivity contribution is 0.0176. The minimum atomic E-state index is -3.03. The highest BCUT2D eigenvalue weighted by molar-refractivity contribution is 6.32. The Hall–Kier alpha value is -2.97. The summed E-state index contributed by atoms with van der Waals surface area (Å²) in [4.78, 5) is 15.0. The van der Waals surface area contributed by atoms with Gasteiger partial charge in [-0.05, 0) is 43.2 Å². The molecule has 0 atom stereocenters. The van der Waals surface area contributed by atoms with Gasteiger partial charge in [-0.25, -0.2) is 18.8 Å². The Labute approximate surface area is 199 Å². The summed E-state index contributed by atoms with van der Waals surface area (Å²) in [7, 11) is 0. The second-order valence-electron chi connectivity index (χ2n) is 7.80. The van der Waals surface area contributed by atoms with Crippen LogP contribution in [0.2, 0.25) is 10.0 Å². The third kappa shape index (κ3) is 5.17. The fourth-order valence-corrected chi connectivity index (χ4v) is 4.13. The summed E-state index contributed by atoms with van der Waals surface area (Å²) in [5.74, 6) is -2.29. The molecular weight excluding hydrogens is 471 g/mol. The van der Waals surface area contributed by atoms with Gasteiger partial charge in [-0.1, -0.05) is 29.3 Å².